The van der Waals surface area contributed by atoms with Crippen molar-refractivity contribution in [2.75, 3.05) is 12.3 Å². The van der Waals surface area contributed by atoms with Gasteiger partial charge in [0.2, 0.25) is 0 Å². The van der Waals surface area contributed by atoms with Crippen molar-refractivity contribution in [2.24, 2.45) is 5.73 Å². The van der Waals surface area contributed by atoms with Gasteiger partial charge in [-0.3, -0.25) is 9.78 Å². The second-order valence-electron chi connectivity index (χ2n) is 2.30. The molecule has 0 atom stereocenters. The van der Waals surface area contributed by atoms with Crippen molar-refractivity contribution < 1.29 is 0 Å². The summed E-state index contributed by atoms with van der Waals surface area (Å²) < 4.78 is 0. The molecule has 0 fully saturated rings. The minimum absolute atomic E-state index is 0.271. The zero-order valence-corrected chi connectivity index (χ0v) is 7.69. The Bertz CT molecular complexity index is 371. The van der Waals surface area contributed by atoms with Crippen LogP contribution in [0, 0.1) is 0 Å². The fraction of sp³-hybridized carbons (Fsp3) is 0.500. The third-order valence-electron chi connectivity index (χ3n) is 1.27. The minimum Gasteiger partial charge on any atom is -0.330 e. The molecule has 1 rings (SSSR count). The molecule has 1 aromatic rings. The SMILES string of the molecule is NCCCSc1n[nH]c(=O)[nH]c1=O. The molecule has 0 aliphatic carbocycles. The third-order valence-corrected chi connectivity index (χ3v) is 2.31. The summed E-state index contributed by atoms with van der Waals surface area (Å²) in [5.41, 5.74) is 4.23. The summed E-state index contributed by atoms with van der Waals surface area (Å²) in [6, 6.07) is 0. The van der Waals surface area contributed by atoms with E-state index in [0.717, 1.165) is 12.2 Å². The molecule has 0 unspecified atom stereocenters. The maximum atomic E-state index is 11.0. The number of nitrogens with two attached hydrogens (primary N) is 1. The number of hydrogen-bond acceptors (Lipinski definition) is 5. The molecule has 13 heavy (non-hydrogen) atoms. The first kappa shape index (κ1) is 10.0. The van der Waals surface area contributed by atoms with Crippen LogP contribution in [-0.2, 0) is 0 Å². The van der Waals surface area contributed by atoms with E-state index in [4.69, 9.17) is 5.73 Å². The van der Waals surface area contributed by atoms with Crippen molar-refractivity contribution in [3.63, 3.8) is 0 Å². The van der Waals surface area contributed by atoms with Crippen LogP contribution < -0.4 is 17.0 Å². The number of hydrogen-bond donors (Lipinski definition) is 3. The summed E-state index contributed by atoms with van der Waals surface area (Å²) in [4.78, 5) is 23.7. The van der Waals surface area contributed by atoms with Crippen molar-refractivity contribution in [3.8, 4) is 0 Å². The van der Waals surface area contributed by atoms with Crippen LogP contribution in [0.15, 0.2) is 14.6 Å². The lowest BCUT2D eigenvalue weighted by atomic mass is 10.5. The maximum Gasteiger partial charge on any atom is 0.342 e. The van der Waals surface area contributed by atoms with Gasteiger partial charge in [-0.05, 0) is 13.0 Å². The molecule has 0 bridgehead atoms. The van der Waals surface area contributed by atoms with Crippen LogP contribution in [0.5, 0.6) is 0 Å². The number of H-pyrrole nitrogens is 2. The monoisotopic (exact) mass is 202 g/mol. The van der Waals surface area contributed by atoms with E-state index >= 15 is 0 Å². The highest BCUT2D eigenvalue weighted by Crippen LogP contribution is 2.08. The minimum atomic E-state index is -0.590. The average Bonchev–Trinajstić information content (AvgIpc) is 2.09. The molecule has 0 saturated heterocycles. The Kier molecular flexibility index (Phi) is 3.71. The molecular formula is C6H10N4O2S. The summed E-state index contributed by atoms with van der Waals surface area (Å²) in [6.07, 6.45) is 0.810. The van der Waals surface area contributed by atoms with Crippen molar-refractivity contribution in [3.05, 3.63) is 20.8 Å². The number of nitrogens with zero attached hydrogens (tertiary/aromatic N) is 1. The Morgan fingerprint density at radius 3 is 2.85 bits per heavy atom. The lowest BCUT2D eigenvalue weighted by Crippen LogP contribution is -2.25. The van der Waals surface area contributed by atoms with E-state index in [9.17, 15) is 9.59 Å². The first-order valence-corrected chi connectivity index (χ1v) is 4.74. The van der Waals surface area contributed by atoms with E-state index in [-0.39, 0.29) is 5.03 Å². The van der Waals surface area contributed by atoms with Gasteiger partial charge in [-0.2, -0.15) is 5.10 Å². The van der Waals surface area contributed by atoms with E-state index in [1.54, 1.807) is 0 Å². The van der Waals surface area contributed by atoms with Crippen LogP contribution >= 0.6 is 11.8 Å². The van der Waals surface area contributed by atoms with Gasteiger partial charge in [-0.25, -0.2) is 9.89 Å². The molecule has 0 aromatic carbocycles. The molecule has 0 aliphatic rings. The summed E-state index contributed by atoms with van der Waals surface area (Å²) in [6.45, 7) is 0.578. The lowest BCUT2D eigenvalue weighted by molar-refractivity contribution is 0.805. The Labute approximate surface area is 77.9 Å². The lowest BCUT2D eigenvalue weighted by Gasteiger charge is -1.95. The van der Waals surface area contributed by atoms with E-state index in [2.05, 4.69) is 15.2 Å². The van der Waals surface area contributed by atoms with Crippen LogP contribution in [0.4, 0.5) is 0 Å². The number of nitrogens with one attached hydrogen (secondary N) is 2. The number of rotatable bonds is 4. The van der Waals surface area contributed by atoms with Crippen molar-refractivity contribution >= 4 is 11.8 Å². The van der Waals surface area contributed by atoms with E-state index in [1.807, 2.05) is 0 Å². The Morgan fingerprint density at radius 1 is 1.46 bits per heavy atom. The number of thioether (sulfide) groups is 1. The quantitative estimate of drug-likeness (QED) is 0.424. The maximum absolute atomic E-state index is 11.0. The largest absolute Gasteiger partial charge is 0.342 e. The molecule has 0 radical (unpaired) electrons. The normalized spacial score (nSPS) is 10.2. The van der Waals surface area contributed by atoms with Crippen molar-refractivity contribution in [1.29, 1.82) is 0 Å². The molecule has 0 spiro atoms. The fourth-order valence-corrected chi connectivity index (χ4v) is 1.48. The average molecular weight is 202 g/mol. The van der Waals surface area contributed by atoms with Gasteiger partial charge in [0.15, 0.2) is 5.03 Å². The molecule has 72 valence electrons. The smallest absolute Gasteiger partial charge is 0.330 e. The Morgan fingerprint density at radius 2 is 2.23 bits per heavy atom. The van der Waals surface area contributed by atoms with Crippen LogP contribution in [0.2, 0.25) is 0 Å². The topological polar surface area (TPSA) is 105 Å². The van der Waals surface area contributed by atoms with Crippen molar-refractivity contribution in [1.82, 2.24) is 15.2 Å². The highest BCUT2D eigenvalue weighted by atomic mass is 32.2. The fourth-order valence-electron chi connectivity index (χ4n) is 0.687. The molecule has 1 heterocycles. The highest BCUT2D eigenvalue weighted by Gasteiger charge is 2.01. The van der Waals surface area contributed by atoms with Gasteiger partial charge < -0.3 is 5.73 Å². The van der Waals surface area contributed by atoms with Gasteiger partial charge in [-0.1, -0.05) is 11.8 Å². The van der Waals surface area contributed by atoms with Gasteiger partial charge in [0.05, 0.1) is 0 Å². The van der Waals surface area contributed by atoms with E-state index < -0.39 is 11.2 Å². The van der Waals surface area contributed by atoms with Crippen LogP contribution in [0.1, 0.15) is 6.42 Å². The van der Waals surface area contributed by atoms with E-state index in [1.165, 1.54) is 11.8 Å². The number of aromatic amines is 2. The molecule has 0 aliphatic heterocycles. The molecule has 1 aromatic heterocycles. The predicted octanol–water partition coefficient (Wildman–Crippen LogP) is -1.10. The zero-order chi connectivity index (χ0) is 9.68. The van der Waals surface area contributed by atoms with Gasteiger partial charge >= 0.3 is 5.69 Å². The van der Waals surface area contributed by atoms with Crippen LogP contribution in [0.3, 0.4) is 0 Å². The summed E-state index contributed by atoms with van der Waals surface area (Å²) in [5.74, 6) is 0.721. The van der Waals surface area contributed by atoms with Crippen LogP contribution in [-0.4, -0.2) is 27.5 Å². The molecule has 6 nitrogen and oxygen atoms in total. The molecular weight excluding hydrogens is 192 g/mol. The summed E-state index contributed by atoms with van der Waals surface area (Å²) >= 11 is 1.28. The van der Waals surface area contributed by atoms with Crippen LogP contribution in [0.25, 0.3) is 0 Å². The van der Waals surface area contributed by atoms with Gasteiger partial charge in [0.1, 0.15) is 0 Å². The first-order valence-electron chi connectivity index (χ1n) is 3.76. The molecule has 0 saturated carbocycles. The summed E-state index contributed by atoms with van der Waals surface area (Å²) in [5, 5.41) is 6.02. The van der Waals surface area contributed by atoms with Gasteiger partial charge in [-0.15, -0.1) is 0 Å². The Balaban J connectivity index is 2.67. The standard InChI is InChI=1S/C6H10N4O2S/c7-2-1-3-13-5-4(11)8-6(12)10-9-5/h1-3,7H2,(H2,8,10,11,12). The van der Waals surface area contributed by atoms with E-state index in [0.29, 0.717) is 6.54 Å². The predicted molar refractivity (Wildman–Crippen MR) is 49.9 cm³/mol. The third kappa shape index (κ3) is 3.03. The molecule has 4 N–H and O–H groups in total. The van der Waals surface area contributed by atoms with Gasteiger partial charge in [0, 0.05) is 5.75 Å². The summed E-state index contributed by atoms with van der Waals surface area (Å²) in [7, 11) is 0. The highest BCUT2D eigenvalue weighted by molar-refractivity contribution is 7.99. The number of aromatic nitrogens is 3. The van der Waals surface area contributed by atoms with Gasteiger partial charge in [0.25, 0.3) is 5.56 Å². The second kappa shape index (κ2) is 4.83. The molecule has 0 amide bonds. The Hall–Kier alpha value is -1.08. The second-order valence-corrected chi connectivity index (χ2v) is 3.39. The first-order chi connectivity index (χ1) is 6.24. The zero-order valence-electron chi connectivity index (χ0n) is 6.87. The molecule has 7 heteroatoms. The van der Waals surface area contributed by atoms with Crippen molar-refractivity contribution in [2.45, 2.75) is 11.4 Å².